The lowest BCUT2D eigenvalue weighted by molar-refractivity contribution is 0.524. The summed E-state index contributed by atoms with van der Waals surface area (Å²) in [7, 11) is 0. The molecule has 0 radical (unpaired) electrons. The molecule has 0 saturated heterocycles. The third kappa shape index (κ3) is 1.44. The normalized spacial score (nSPS) is 10.4. The summed E-state index contributed by atoms with van der Waals surface area (Å²) in [5, 5.41) is 5.91. The van der Waals surface area contributed by atoms with Crippen molar-refractivity contribution in [2.24, 2.45) is 0 Å². The standard InChI is InChI=1S/C9H9N3O2/c1-5-3-6(2)7(10-4-5)8-11-12-9(13)14-8/h3-4H,1-2H3,(H,12,13). The summed E-state index contributed by atoms with van der Waals surface area (Å²) in [5.74, 6) is -0.339. The van der Waals surface area contributed by atoms with Crippen LogP contribution >= 0.6 is 0 Å². The maximum Gasteiger partial charge on any atom is 0.434 e. The lowest BCUT2D eigenvalue weighted by atomic mass is 10.2. The van der Waals surface area contributed by atoms with E-state index in [1.165, 1.54) is 0 Å². The van der Waals surface area contributed by atoms with Gasteiger partial charge in [0.15, 0.2) is 0 Å². The molecule has 1 N–H and O–H groups in total. The molecule has 0 atom stereocenters. The van der Waals surface area contributed by atoms with Crippen molar-refractivity contribution in [2.75, 3.05) is 0 Å². The van der Waals surface area contributed by atoms with Crippen molar-refractivity contribution in [1.29, 1.82) is 0 Å². The number of H-pyrrole nitrogens is 1. The SMILES string of the molecule is Cc1cnc(-c2n[nH]c(=O)o2)c(C)c1. The van der Waals surface area contributed by atoms with E-state index >= 15 is 0 Å². The van der Waals surface area contributed by atoms with Gasteiger partial charge in [0.25, 0.3) is 5.89 Å². The van der Waals surface area contributed by atoms with Crippen molar-refractivity contribution in [3.63, 3.8) is 0 Å². The maximum atomic E-state index is 10.7. The molecule has 0 fully saturated rings. The van der Waals surface area contributed by atoms with Crippen LogP contribution in [0.25, 0.3) is 11.6 Å². The van der Waals surface area contributed by atoms with Crippen molar-refractivity contribution in [2.45, 2.75) is 13.8 Å². The number of nitrogens with zero attached hydrogens (tertiary/aromatic N) is 2. The van der Waals surface area contributed by atoms with Crippen LogP contribution in [0.4, 0.5) is 0 Å². The molecule has 0 spiro atoms. The monoisotopic (exact) mass is 191 g/mol. The van der Waals surface area contributed by atoms with E-state index < -0.39 is 5.76 Å². The van der Waals surface area contributed by atoms with Gasteiger partial charge in [-0.25, -0.2) is 9.89 Å². The van der Waals surface area contributed by atoms with Gasteiger partial charge in [0, 0.05) is 6.20 Å². The highest BCUT2D eigenvalue weighted by atomic mass is 16.4. The van der Waals surface area contributed by atoms with Crippen LogP contribution in [-0.2, 0) is 0 Å². The first-order valence-corrected chi connectivity index (χ1v) is 4.16. The van der Waals surface area contributed by atoms with Crippen molar-refractivity contribution in [3.05, 3.63) is 33.9 Å². The lowest BCUT2D eigenvalue weighted by Crippen LogP contribution is -1.93. The summed E-state index contributed by atoms with van der Waals surface area (Å²) in [6, 6.07) is 1.96. The molecule has 0 aliphatic rings. The molecular weight excluding hydrogens is 182 g/mol. The molecule has 5 heteroatoms. The molecule has 0 saturated carbocycles. The molecule has 0 aliphatic heterocycles. The van der Waals surface area contributed by atoms with E-state index in [0.717, 1.165) is 11.1 Å². The maximum absolute atomic E-state index is 10.7. The molecule has 2 aromatic heterocycles. The number of hydrogen-bond acceptors (Lipinski definition) is 4. The van der Waals surface area contributed by atoms with Crippen LogP contribution in [0, 0.1) is 13.8 Å². The van der Waals surface area contributed by atoms with Gasteiger partial charge in [-0.15, -0.1) is 5.10 Å². The van der Waals surface area contributed by atoms with Gasteiger partial charge < -0.3 is 4.42 Å². The van der Waals surface area contributed by atoms with Crippen molar-refractivity contribution < 1.29 is 4.42 Å². The molecule has 0 amide bonds. The van der Waals surface area contributed by atoms with Crippen molar-refractivity contribution >= 4 is 0 Å². The minimum Gasteiger partial charge on any atom is -0.386 e. The summed E-state index contributed by atoms with van der Waals surface area (Å²) in [6.45, 7) is 3.84. The van der Waals surface area contributed by atoms with Gasteiger partial charge in [-0.3, -0.25) is 4.98 Å². The number of nitrogens with one attached hydrogen (secondary N) is 1. The molecule has 0 aromatic carbocycles. The second-order valence-electron chi connectivity index (χ2n) is 3.10. The second-order valence-corrected chi connectivity index (χ2v) is 3.10. The highest BCUT2D eigenvalue weighted by molar-refractivity contribution is 5.52. The Bertz CT molecular complexity index is 513. The number of rotatable bonds is 1. The summed E-state index contributed by atoms with van der Waals surface area (Å²) >= 11 is 0. The molecule has 72 valence electrons. The molecule has 0 bridgehead atoms. The van der Waals surface area contributed by atoms with Crippen LogP contribution in [0.2, 0.25) is 0 Å². The molecule has 2 aromatic rings. The molecule has 2 heterocycles. The Hall–Kier alpha value is -1.91. The Labute approximate surface area is 79.8 Å². The zero-order valence-corrected chi connectivity index (χ0v) is 7.87. The van der Waals surface area contributed by atoms with E-state index in [-0.39, 0.29) is 5.89 Å². The number of hydrogen-bond donors (Lipinski definition) is 1. The Morgan fingerprint density at radius 2 is 2.21 bits per heavy atom. The van der Waals surface area contributed by atoms with Gasteiger partial charge in [0.05, 0.1) is 0 Å². The predicted octanol–water partition coefficient (Wildman–Crippen LogP) is 1.04. The fraction of sp³-hybridized carbons (Fsp3) is 0.222. The van der Waals surface area contributed by atoms with Crippen molar-refractivity contribution in [3.8, 4) is 11.6 Å². The third-order valence-electron chi connectivity index (χ3n) is 1.86. The van der Waals surface area contributed by atoms with Gasteiger partial charge >= 0.3 is 5.76 Å². The summed E-state index contributed by atoms with van der Waals surface area (Å²) in [4.78, 5) is 14.9. The fourth-order valence-electron chi connectivity index (χ4n) is 1.27. The van der Waals surface area contributed by atoms with Crippen LogP contribution in [0.5, 0.6) is 0 Å². The quantitative estimate of drug-likeness (QED) is 0.731. The highest BCUT2D eigenvalue weighted by Crippen LogP contribution is 2.17. The molecular formula is C9H9N3O2. The first kappa shape index (κ1) is 8.68. The zero-order chi connectivity index (χ0) is 10.1. The fourth-order valence-corrected chi connectivity index (χ4v) is 1.27. The Balaban J connectivity index is 2.57. The van der Waals surface area contributed by atoms with Crippen LogP contribution in [0.1, 0.15) is 11.1 Å². The Morgan fingerprint density at radius 3 is 2.79 bits per heavy atom. The average molecular weight is 191 g/mol. The van der Waals surface area contributed by atoms with Crippen LogP contribution < -0.4 is 5.76 Å². The van der Waals surface area contributed by atoms with Gasteiger partial charge in [-0.05, 0) is 25.0 Å². The van der Waals surface area contributed by atoms with Gasteiger partial charge in [0.1, 0.15) is 5.69 Å². The summed E-state index contributed by atoms with van der Waals surface area (Å²) in [5.41, 5.74) is 2.58. The van der Waals surface area contributed by atoms with E-state index in [1.54, 1.807) is 6.20 Å². The third-order valence-corrected chi connectivity index (χ3v) is 1.86. The first-order chi connectivity index (χ1) is 6.66. The van der Waals surface area contributed by atoms with E-state index in [9.17, 15) is 4.79 Å². The van der Waals surface area contributed by atoms with Crippen LogP contribution in [-0.4, -0.2) is 15.2 Å². The minimum absolute atomic E-state index is 0.229. The molecule has 5 nitrogen and oxygen atoms in total. The Morgan fingerprint density at radius 1 is 1.43 bits per heavy atom. The van der Waals surface area contributed by atoms with E-state index in [4.69, 9.17) is 4.42 Å². The zero-order valence-electron chi connectivity index (χ0n) is 7.87. The molecule has 2 rings (SSSR count). The number of pyridine rings is 1. The smallest absolute Gasteiger partial charge is 0.386 e. The first-order valence-electron chi connectivity index (χ1n) is 4.16. The van der Waals surface area contributed by atoms with E-state index in [2.05, 4.69) is 15.2 Å². The van der Waals surface area contributed by atoms with E-state index in [1.807, 2.05) is 19.9 Å². The molecule has 14 heavy (non-hydrogen) atoms. The number of aromatic amines is 1. The summed E-state index contributed by atoms with van der Waals surface area (Å²) in [6.07, 6.45) is 1.71. The predicted molar refractivity (Wildman–Crippen MR) is 49.8 cm³/mol. The average Bonchev–Trinajstić information content (AvgIpc) is 2.51. The topological polar surface area (TPSA) is 71.8 Å². The molecule has 0 aliphatic carbocycles. The number of aryl methyl sites for hydroxylation is 2. The number of aromatic nitrogens is 3. The molecule has 0 unspecified atom stereocenters. The van der Waals surface area contributed by atoms with Crippen molar-refractivity contribution in [1.82, 2.24) is 15.2 Å². The highest BCUT2D eigenvalue weighted by Gasteiger charge is 2.09. The minimum atomic E-state index is -0.568. The lowest BCUT2D eigenvalue weighted by Gasteiger charge is -1.99. The van der Waals surface area contributed by atoms with E-state index in [0.29, 0.717) is 5.69 Å². The van der Waals surface area contributed by atoms with Gasteiger partial charge in [-0.2, -0.15) is 0 Å². The summed E-state index contributed by atoms with van der Waals surface area (Å²) < 4.78 is 4.81. The van der Waals surface area contributed by atoms with Gasteiger partial charge in [-0.1, -0.05) is 6.07 Å². The van der Waals surface area contributed by atoms with Gasteiger partial charge in [0.2, 0.25) is 0 Å². The van der Waals surface area contributed by atoms with Crippen LogP contribution in [0.3, 0.4) is 0 Å². The largest absolute Gasteiger partial charge is 0.434 e. The van der Waals surface area contributed by atoms with Crippen LogP contribution in [0.15, 0.2) is 21.5 Å². The Kier molecular flexibility index (Phi) is 1.92. The second kappa shape index (κ2) is 3.10.